The van der Waals surface area contributed by atoms with Gasteiger partial charge in [0.2, 0.25) is 0 Å². The number of benzene rings is 2. The lowest BCUT2D eigenvalue weighted by molar-refractivity contribution is -0.137. The largest absolute Gasteiger partial charge is 0.451 e. The first-order valence-electron chi connectivity index (χ1n) is 10.5. The van der Waals surface area contributed by atoms with Crippen LogP contribution in [0.15, 0.2) is 65.1 Å². The van der Waals surface area contributed by atoms with E-state index in [1.54, 1.807) is 23.1 Å². The van der Waals surface area contributed by atoms with Crippen molar-refractivity contribution >= 4 is 17.6 Å². The second-order valence-corrected chi connectivity index (χ2v) is 7.75. The third-order valence-corrected chi connectivity index (χ3v) is 5.33. The van der Waals surface area contributed by atoms with Crippen molar-refractivity contribution in [1.82, 2.24) is 10.2 Å². The standard InChI is InChI=1S/C24H22F3N3O3/c25-24(26,27)18-7-4-6-17(14-18)20-9-10-21(33-20)22(31)28-15-16-5-3-8-19(13-16)29-23(32)30-11-1-2-12-30/h3-10,13-14H,1-2,11-12,15H2,(H,28,31)(H,29,32). The average molecular weight is 457 g/mol. The molecule has 2 heterocycles. The van der Waals surface area contributed by atoms with E-state index in [9.17, 15) is 22.8 Å². The number of nitrogens with one attached hydrogen (secondary N) is 2. The summed E-state index contributed by atoms with van der Waals surface area (Å²) < 4.78 is 44.3. The highest BCUT2D eigenvalue weighted by Crippen LogP contribution is 2.32. The van der Waals surface area contributed by atoms with E-state index in [0.717, 1.165) is 43.6 Å². The SMILES string of the molecule is O=C(NCc1cccc(NC(=O)N2CCCC2)c1)c1ccc(-c2cccc(C(F)(F)F)c2)o1. The van der Waals surface area contributed by atoms with Gasteiger partial charge < -0.3 is 20.0 Å². The topological polar surface area (TPSA) is 74.6 Å². The number of hydrogen-bond acceptors (Lipinski definition) is 3. The Morgan fingerprint density at radius 2 is 1.73 bits per heavy atom. The van der Waals surface area contributed by atoms with E-state index in [-0.39, 0.29) is 29.7 Å². The second-order valence-electron chi connectivity index (χ2n) is 7.75. The van der Waals surface area contributed by atoms with E-state index in [2.05, 4.69) is 10.6 Å². The van der Waals surface area contributed by atoms with Gasteiger partial charge in [0, 0.05) is 30.9 Å². The fourth-order valence-corrected chi connectivity index (χ4v) is 3.62. The minimum Gasteiger partial charge on any atom is -0.451 e. The molecule has 1 aliphatic rings. The van der Waals surface area contributed by atoms with Crippen LogP contribution >= 0.6 is 0 Å². The number of rotatable bonds is 5. The minimum atomic E-state index is -4.47. The highest BCUT2D eigenvalue weighted by Gasteiger charge is 2.30. The van der Waals surface area contributed by atoms with Crippen molar-refractivity contribution in [2.45, 2.75) is 25.6 Å². The summed E-state index contributed by atoms with van der Waals surface area (Å²) in [6, 6.07) is 14.6. The minimum absolute atomic E-state index is 0.0131. The Morgan fingerprint density at radius 1 is 0.970 bits per heavy atom. The number of carbonyl (C=O) groups excluding carboxylic acids is 2. The van der Waals surface area contributed by atoms with Gasteiger partial charge in [0.1, 0.15) is 5.76 Å². The zero-order valence-corrected chi connectivity index (χ0v) is 17.6. The molecule has 172 valence electrons. The van der Waals surface area contributed by atoms with Crippen molar-refractivity contribution in [3.63, 3.8) is 0 Å². The summed E-state index contributed by atoms with van der Waals surface area (Å²) in [6.45, 7) is 1.67. The normalized spacial score (nSPS) is 13.7. The van der Waals surface area contributed by atoms with Gasteiger partial charge in [-0.2, -0.15) is 13.2 Å². The Balaban J connectivity index is 1.37. The number of furan rings is 1. The molecule has 0 spiro atoms. The second kappa shape index (κ2) is 9.40. The molecule has 9 heteroatoms. The van der Waals surface area contributed by atoms with Crippen LogP contribution in [0.3, 0.4) is 0 Å². The molecule has 33 heavy (non-hydrogen) atoms. The predicted octanol–water partition coefficient (Wildman–Crippen LogP) is 5.52. The van der Waals surface area contributed by atoms with E-state index in [1.165, 1.54) is 24.3 Å². The van der Waals surface area contributed by atoms with Gasteiger partial charge in [-0.3, -0.25) is 4.79 Å². The summed E-state index contributed by atoms with van der Waals surface area (Å²) in [5.74, 6) is -0.349. The van der Waals surface area contributed by atoms with Crippen LogP contribution < -0.4 is 10.6 Å². The van der Waals surface area contributed by atoms with E-state index < -0.39 is 17.6 Å². The summed E-state index contributed by atoms with van der Waals surface area (Å²) in [4.78, 5) is 26.5. The van der Waals surface area contributed by atoms with Gasteiger partial charge in [0.05, 0.1) is 5.56 Å². The van der Waals surface area contributed by atoms with Crippen molar-refractivity contribution in [2.24, 2.45) is 0 Å². The predicted molar refractivity (Wildman–Crippen MR) is 117 cm³/mol. The van der Waals surface area contributed by atoms with Gasteiger partial charge in [0.15, 0.2) is 5.76 Å². The zero-order chi connectivity index (χ0) is 23.4. The summed E-state index contributed by atoms with van der Waals surface area (Å²) in [5.41, 5.74) is 0.833. The highest BCUT2D eigenvalue weighted by atomic mass is 19.4. The fraction of sp³-hybridized carbons (Fsp3) is 0.250. The maximum Gasteiger partial charge on any atom is 0.416 e. The van der Waals surface area contributed by atoms with E-state index >= 15 is 0 Å². The van der Waals surface area contributed by atoms with Gasteiger partial charge in [-0.25, -0.2) is 4.79 Å². The van der Waals surface area contributed by atoms with Crippen molar-refractivity contribution in [3.05, 3.63) is 77.6 Å². The average Bonchev–Trinajstić information content (AvgIpc) is 3.50. The highest BCUT2D eigenvalue weighted by molar-refractivity contribution is 5.92. The van der Waals surface area contributed by atoms with Crippen molar-refractivity contribution in [3.8, 4) is 11.3 Å². The van der Waals surface area contributed by atoms with Gasteiger partial charge in [-0.15, -0.1) is 0 Å². The number of urea groups is 1. The molecule has 0 aliphatic carbocycles. The third kappa shape index (κ3) is 5.54. The zero-order valence-electron chi connectivity index (χ0n) is 17.6. The molecule has 0 saturated carbocycles. The first kappa shape index (κ1) is 22.4. The van der Waals surface area contributed by atoms with Gasteiger partial charge in [-0.05, 0) is 54.8 Å². The van der Waals surface area contributed by atoms with E-state index in [4.69, 9.17) is 4.42 Å². The van der Waals surface area contributed by atoms with Crippen molar-refractivity contribution in [1.29, 1.82) is 0 Å². The monoisotopic (exact) mass is 457 g/mol. The molecule has 1 saturated heterocycles. The summed E-state index contributed by atoms with van der Waals surface area (Å²) in [5, 5.41) is 5.57. The molecule has 1 aromatic heterocycles. The Labute approximate surface area is 188 Å². The molecule has 1 aliphatic heterocycles. The van der Waals surface area contributed by atoms with Crippen molar-refractivity contribution < 1.29 is 27.2 Å². The molecular weight excluding hydrogens is 435 g/mol. The lowest BCUT2D eigenvalue weighted by Gasteiger charge is -2.16. The number of halogens is 3. The van der Waals surface area contributed by atoms with Crippen LogP contribution in [-0.2, 0) is 12.7 Å². The summed E-state index contributed by atoms with van der Waals surface area (Å²) in [6.07, 6.45) is -2.46. The van der Waals surface area contributed by atoms with E-state index in [0.29, 0.717) is 5.69 Å². The maximum absolute atomic E-state index is 12.9. The number of carbonyl (C=O) groups is 2. The Morgan fingerprint density at radius 3 is 2.48 bits per heavy atom. The van der Waals surface area contributed by atoms with Crippen LogP contribution in [0.25, 0.3) is 11.3 Å². The number of amides is 3. The Hall–Kier alpha value is -3.75. The molecule has 0 unspecified atom stereocenters. The molecule has 0 radical (unpaired) electrons. The molecular formula is C24H22F3N3O3. The first-order valence-corrected chi connectivity index (χ1v) is 10.5. The third-order valence-electron chi connectivity index (χ3n) is 5.33. The van der Waals surface area contributed by atoms with Gasteiger partial charge >= 0.3 is 12.2 Å². The summed E-state index contributed by atoms with van der Waals surface area (Å²) >= 11 is 0. The van der Waals surface area contributed by atoms with Crippen LogP contribution in [0.1, 0.15) is 34.5 Å². The van der Waals surface area contributed by atoms with Crippen LogP contribution in [-0.4, -0.2) is 29.9 Å². The number of alkyl halides is 3. The number of hydrogen-bond donors (Lipinski definition) is 2. The van der Waals surface area contributed by atoms with Crippen LogP contribution in [0, 0.1) is 0 Å². The molecule has 3 amide bonds. The number of likely N-dealkylation sites (tertiary alicyclic amines) is 1. The lowest BCUT2D eigenvalue weighted by atomic mass is 10.1. The smallest absolute Gasteiger partial charge is 0.416 e. The molecule has 0 bridgehead atoms. The lowest BCUT2D eigenvalue weighted by Crippen LogP contribution is -2.32. The molecule has 0 atom stereocenters. The molecule has 6 nitrogen and oxygen atoms in total. The number of nitrogens with zero attached hydrogens (tertiary/aromatic N) is 1. The quantitative estimate of drug-likeness (QED) is 0.530. The fourth-order valence-electron chi connectivity index (χ4n) is 3.62. The van der Waals surface area contributed by atoms with Crippen LogP contribution in [0.4, 0.5) is 23.7 Å². The van der Waals surface area contributed by atoms with Crippen LogP contribution in [0.5, 0.6) is 0 Å². The van der Waals surface area contributed by atoms with Crippen molar-refractivity contribution in [2.75, 3.05) is 18.4 Å². The molecule has 2 aromatic carbocycles. The molecule has 3 aromatic rings. The number of anilines is 1. The molecule has 4 rings (SSSR count). The summed E-state index contributed by atoms with van der Waals surface area (Å²) in [7, 11) is 0. The maximum atomic E-state index is 12.9. The molecule has 1 fully saturated rings. The first-order chi connectivity index (χ1) is 15.8. The van der Waals surface area contributed by atoms with E-state index in [1.807, 2.05) is 6.07 Å². The molecule has 2 N–H and O–H groups in total. The van der Waals surface area contributed by atoms with Gasteiger partial charge in [0.25, 0.3) is 5.91 Å². The Kier molecular flexibility index (Phi) is 6.39. The van der Waals surface area contributed by atoms with Crippen LogP contribution in [0.2, 0.25) is 0 Å². The Bertz CT molecular complexity index is 1150. The van der Waals surface area contributed by atoms with Gasteiger partial charge in [-0.1, -0.05) is 24.3 Å².